The van der Waals surface area contributed by atoms with Gasteiger partial charge in [0.15, 0.2) is 11.2 Å². The molecule has 0 aliphatic rings. The number of ether oxygens (including phenoxy) is 1. The Morgan fingerprint density at radius 2 is 1.90 bits per heavy atom. The van der Waals surface area contributed by atoms with Crippen LogP contribution in [0.3, 0.4) is 0 Å². The highest BCUT2D eigenvalue weighted by molar-refractivity contribution is 6.30. The molecular weight excluding hydrogens is 392 g/mol. The Hall–Kier alpha value is -3.32. The molecule has 0 saturated carbocycles. The molecule has 0 bridgehead atoms. The number of aromatic nitrogens is 4. The number of fused-ring (bicyclic) bond motifs is 1. The predicted molar refractivity (Wildman–Crippen MR) is 112 cm³/mol. The van der Waals surface area contributed by atoms with E-state index in [1.807, 2.05) is 24.3 Å². The largest absolute Gasteiger partial charge is 0.496 e. The minimum atomic E-state index is -0.449. The zero-order valence-corrected chi connectivity index (χ0v) is 16.8. The first-order chi connectivity index (χ1) is 14.0. The average Bonchev–Trinajstić information content (AvgIpc) is 3.12. The molecule has 0 aliphatic carbocycles. The summed E-state index contributed by atoms with van der Waals surface area (Å²) in [6.07, 6.45) is 1.57. The molecule has 29 heavy (non-hydrogen) atoms. The maximum Gasteiger partial charge on any atom is 0.337 e. The molecule has 0 spiro atoms. The van der Waals surface area contributed by atoms with Crippen LogP contribution >= 0.6 is 11.6 Å². The van der Waals surface area contributed by atoms with E-state index in [0.717, 1.165) is 5.56 Å². The summed E-state index contributed by atoms with van der Waals surface area (Å²) in [7, 11) is 1.60. The molecule has 2 aromatic carbocycles. The van der Waals surface area contributed by atoms with E-state index < -0.39 is 5.69 Å². The van der Waals surface area contributed by atoms with Gasteiger partial charge in [0.25, 0.3) is 5.56 Å². The van der Waals surface area contributed by atoms with Gasteiger partial charge < -0.3 is 9.30 Å². The van der Waals surface area contributed by atoms with E-state index in [4.69, 9.17) is 16.3 Å². The molecule has 4 aromatic rings. The number of imidazole rings is 1. The van der Waals surface area contributed by atoms with Gasteiger partial charge in [-0.1, -0.05) is 35.9 Å². The first-order valence-electron chi connectivity index (χ1n) is 9.13. The van der Waals surface area contributed by atoms with Crippen LogP contribution < -0.4 is 16.0 Å². The van der Waals surface area contributed by atoms with Crippen LogP contribution in [-0.4, -0.2) is 25.8 Å². The molecule has 0 saturated heterocycles. The molecule has 2 heterocycles. The number of benzene rings is 2. The minimum Gasteiger partial charge on any atom is -0.496 e. The van der Waals surface area contributed by atoms with Crippen LogP contribution in [0.15, 0.2) is 64.4 Å². The standard InChI is InChI=1S/C21H19ClN4O3/c1-3-25-20(27)18-19(26(21(25)28)16-9-6-8-15(22)11-16)23-13-24(18)12-14-7-4-5-10-17(14)29-2/h4-11,13H,3,12H2,1-2H3. The highest BCUT2D eigenvalue weighted by Gasteiger charge is 2.19. The van der Waals surface area contributed by atoms with E-state index in [1.165, 1.54) is 9.13 Å². The fourth-order valence-electron chi connectivity index (χ4n) is 3.44. The van der Waals surface area contributed by atoms with Gasteiger partial charge >= 0.3 is 5.69 Å². The highest BCUT2D eigenvalue weighted by Crippen LogP contribution is 2.21. The van der Waals surface area contributed by atoms with Crippen molar-refractivity contribution in [2.45, 2.75) is 20.0 Å². The van der Waals surface area contributed by atoms with Crippen molar-refractivity contribution in [3.05, 3.63) is 86.3 Å². The van der Waals surface area contributed by atoms with Crippen LogP contribution in [0, 0.1) is 0 Å². The lowest BCUT2D eigenvalue weighted by atomic mass is 10.2. The van der Waals surface area contributed by atoms with Crippen LogP contribution in [-0.2, 0) is 13.1 Å². The molecule has 7 nitrogen and oxygen atoms in total. The van der Waals surface area contributed by atoms with Gasteiger partial charge in [-0.3, -0.25) is 9.36 Å². The second-order valence-electron chi connectivity index (χ2n) is 6.50. The Balaban J connectivity index is 2.00. The quantitative estimate of drug-likeness (QED) is 0.507. The third kappa shape index (κ3) is 3.23. The summed E-state index contributed by atoms with van der Waals surface area (Å²) in [6.45, 7) is 2.39. The first kappa shape index (κ1) is 19.0. The van der Waals surface area contributed by atoms with E-state index >= 15 is 0 Å². The summed E-state index contributed by atoms with van der Waals surface area (Å²) in [4.78, 5) is 30.5. The molecule has 4 rings (SSSR count). The molecule has 0 radical (unpaired) electrons. The summed E-state index contributed by atoms with van der Waals surface area (Å²) in [5.41, 5.74) is 1.27. The van der Waals surface area contributed by atoms with Crippen LogP contribution in [0.25, 0.3) is 16.9 Å². The van der Waals surface area contributed by atoms with Crippen molar-refractivity contribution in [2.24, 2.45) is 0 Å². The Kier molecular flexibility index (Phi) is 4.98. The Bertz CT molecular complexity index is 1320. The van der Waals surface area contributed by atoms with Gasteiger partial charge in [-0.2, -0.15) is 0 Å². The lowest BCUT2D eigenvalue weighted by Gasteiger charge is -2.13. The SMILES string of the molecule is CCn1c(=O)c2c(ncn2Cc2ccccc2OC)n(-c2cccc(Cl)c2)c1=O. The second-order valence-corrected chi connectivity index (χ2v) is 6.94. The van der Waals surface area contributed by atoms with Crippen LogP contribution in [0.1, 0.15) is 12.5 Å². The van der Waals surface area contributed by atoms with Crippen molar-refractivity contribution in [1.29, 1.82) is 0 Å². The van der Waals surface area contributed by atoms with Crippen molar-refractivity contribution in [3.8, 4) is 11.4 Å². The summed E-state index contributed by atoms with van der Waals surface area (Å²) in [6, 6.07) is 14.5. The molecule has 0 unspecified atom stereocenters. The van der Waals surface area contributed by atoms with Crippen molar-refractivity contribution >= 4 is 22.8 Å². The van der Waals surface area contributed by atoms with Gasteiger partial charge in [0.2, 0.25) is 0 Å². The summed E-state index contributed by atoms with van der Waals surface area (Å²) >= 11 is 6.13. The van der Waals surface area contributed by atoms with E-state index in [-0.39, 0.29) is 12.1 Å². The lowest BCUT2D eigenvalue weighted by Crippen LogP contribution is -2.39. The Morgan fingerprint density at radius 3 is 2.62 bits per heavy atom. The number of nitrogens with zero attached hydrogens (tertiary/aromatic N) is 4. The fraction of sp³-hybridized carbons (Fsp3) is 0.190. The molecule has 0 amide bonds. The van der Waals surface area contributed by atoms with Gasteiger partial charge in [0.05, 0.1) is 25.7 Å². The topological polar surface area (TPSA) is 71.0 Å². The van der Waals surface area contributed by atoms with E-state index in [0.29, 0.717) is 34.2 Å². The van der Waals surface area contributed by atoms with Crippen molar-refractivity contribution in [2.75, 3.05) is 7.11 Å². The van der Waals surface area contributed by atoms with Crippen LogP contribution in [0.2, 0.25) is 5.02 Å². The summed E-state index contributed by atoms with van der Waals surface area (Å²) in [5, 5.41) is 0.491. The second kappa shape index (κ2) is 7.60. The molecule has 8 heteroatoms. The molecule has 0 atom stereocenters. The maximum absolute atomic E-state index is 13.1. The zero-order valence-electron chi connectivity index (χ0n) is 16.0. The first-order valence-corrected chi connectivity index (χ1v) is 9.51. The lowest BCUT2D eigenvalue weighted by molar-refractivity contribution is 0.408. The Morgan fingerprint density at radius 1 is 1.10 bits per heavy atom. The smallest absolute Gasteiger partial charge is 0.337 e. The molecule has 0 N–H and O–H groups in total. The molecular formula is C21H19ClN4O3. The third-order valence-corrected chi connectivity index (χ3v) is 5.05. The van der Waals surface area contributed by atoms with E-state index in [2.05, 4.69) is 4.98 Å². The fourth-order valence-corrected chi connectivity index (χ4v) is 3.63. The summed E-state index contributed by atoms with van der Waals surface area (Å²) < 4.78 is 9.78. The van der Waals surface area contributed by atoms with Crippen LogP contribution in [0.5, 0.6) is 5.75 Å². The van der Waals surface area contributed by atoms with Crippen LogP contribution in [0.4, 0.5) is 0 Å². The monoisotopic (exact) mass is 410 g/mol. The van der Waals surface area contributed by atoms with Crippen molar-refractivity contribution in [1.82, 2.24) is 18.7 Å². The predicted octanol–water partition coefficient (Wildman–Crippen LogP) is 3.08. The zero-order chi connectivity index (χ0) is 20.5. The normalized spacial score (nSPS) is 11.1. The number of para-hydroxylation sites is 1. The average molecular weight is 411 g/mol. The van der Waals surface area contributed by atoms with Gasteiger partial charge in [-0.25, -0.2) is 14.3 Å². The number of rotatable bonds is 5. The number of methoxy groups -OCH3 is 1. The third-order valence-electron chi connectivity index (χ3n) is 4.82. The number of hydrogen-bond acceptors (Lipinski definition) is 4. The van der Waals surface area contributed by atoms with E-state index in [1.54, 1.807) is 49.2 Å². The van der Waals surface area contributed by atoms with Crippen molar-refractivity contribution < 1.29 is 4.74 Å². The number of hydrogen-bond donors (Lipinski definition) is 0. The summed E-state index contributed by atoms with van der Waals surface area (Å²) in [5.74, 6) is 0.716. The van der Waals surface area contributed by atoms with Gasteiger partial charge in [-0.05, 0) is 31.2 Å². The van der Waals surface area contributed by atoms with E-state index in [9.17, 15) is 9.59 Å². The molecule has 148 valence electrons. The Labute approximate surface area is 171 Å². The molecule has 0 fully saturated rings. The van der Waals surface area contributed by atoms with Crippen molar-refractivity contribution in [3.63, 3.8) is 0 Å². The molecule has 0 aliphatic heterocycles. The minimum absolute atomic E-state index is 0.244. The van der Waals surface area contributed by atoms with Gasteiger partial charge in [0.1, 0.15) is 5.75 Å². The highest BCUT2D eigenvalue weighted by atomic mass is 35.5. The van der Waals surface area contributed by atoms with Gasteiger partial charge in [-0.15, -0.1) is 0 Å². The number of halogens is 1. The molecule has 2 aromatic heterocycles. The maximum atomic E-state index is 13.1. The van der Waals surface area contributed by atoms with Gasteiger partial charge in [0, 0.05) is 17.1 Å².